The van der Waals surface area contributed by atoms with Crippen LogP contribution in [0.4, 0.5) is 17.6 Å². The molecule has 8 heteroatoms. The Morgan fingerprint density at radius 1 is 1.38 bits per heavy atom. The van der Waals surface area contributed by atoms with Crippen LogP contribution in [0.1, 0.15) is 37.6 Å². The lowest BCUT2D eigenvalue weighted by molar-refractivity contribution is -0.0915. The molecule has 1 aromatic heterocycles. The SMILES string of the molecule is CC(C1=CCC(C)(F)C=C1C(F)(F)F)n1[nH]c(=O)c2c1CCNC2. The van der Waals surface area contributed by atoms with Crippen LogP contribution in [-0.2, 0) is 13.0 Å². The van der Waals surface area contributed by atoms with Gasteiger partial charge >= 0.3 is 6.18 Å². The second-order valence-corrected chi connectivity index (χ2v) is 6.54. The maximum atomic E-state index is 14.1. The molecule has 0 amide bonds. The molecule has 24 heavy (non-hydrogen) atoms. The number of hydrogen-bond donors (Lipinski definition) is 2. The molecule has 2 atom stereocenters. The van der Waals surface area contributed by atoms with Gasteiger partial charge in [0.2, 0.25) is 0 Å². The van der Waals surface area contributed by atoms with Crippen molar-refractivity contribution >= 4 is 0 Å². The minimum absolute atomic E-state index is 0.00907. The van der Waals surface area contributed by atoms with Gasteiger partial charge in [0.05, 0.1) is 17.2 Å². The lowest BCUT2D eigenvalue weighted by atomic mass is 9.86. The molecule has 1 aliphatic carbocycles. The number of H-pyrrole nitrogens is 1. The molecule has 0 spiro atoms. The molecule has 3 rings (SSSR count). The van der Waals surface area contributed by atoms with E-state index in [9.17, 15) is 22.4 Å². The van der Waals surface area contributed by atoms with Crippen molar-refractivity contribution in [1.82, 2.24) is 15.1 Å². The zero-order valence-electron chi connectivity index (χ0n) is 13.4. The summed E-state index contributed by atoms with van der Waals surface area (Å²) < 4.78 is 55.7. The number of alkyl halides is 4. The Hall–Kier alpha value is -1.83. The van der Waals surface area contributed by atoms with Crippen LogP contribution < -0.4 is 10.9 Å². The molecule has 1 aromatic rings. The third-order valence-electron chi connectivity index (χ3n) is 4.60. The fourth-order valence-electron chi connectivity index (χ4n) is 3.37. The average molecular weight is 345 g/mol. The zero-order chi connectivity index (χ0) is 17.7. The molecule has 2 heterocycles. The van der Waals surface area contributed by atoms with Crippen LogP contribution in [0.3, 0.4) is 0 Å². The summed E-state index contributed by atoms with van der Waals surface area (Å²) in [5.41, 5.74) is -2.04. The van der Waals surface area contributed by atoms with E-state index in [0.717, 1.165) is 6.92 Å². The molecular formula is C16H19F4N3O. The third kappa shape index (κ3) is 2.94. The van der Waals surface area contributed by atoms with Crippen LogP contribution in [0.15, 0.2) is 28.1 Å². The fourth-order valence-corrected chi connectivity index (χ4v) is 3.37. The number of halogens is 4. The first-order chi connectivity index (χ1) is 11.1. The summed E-state index contributed by atoms with van der Waals surface area (Å²) in [7, 11) is 0. The highest BCUT2D eigenvalue weighted by Crippen LogP contribution is 2.42. The van der Waals surface area contributed by atoms with Crippen molar-refractivity contribution < 1.29 is 17.6 Å². The van der Waals surface area contributed by atoms with Crippen molar-refractivity contribution in [2.45, 2.75) is 51.1 Å². The van der Waals surface area contributed by atoms with Crippen molar-refractivity contribution in [3.05, 3.63) is 44.9 Å². The van der Waals surface area contributed by atoms with E-state index in [0.29, 0.717) is 36.8 Å². The number of aromatic amines is 1. The number of nitrogens with zero attached hydrogens (tertiary/aromatic N) is 1. The smallest absolute Gasteiger partial charge is 0.312 e. The Bertz CT molecular complexity index is 767. The maximum absolute atomic E-state index is 14.1. The standard InChI is InChI=1S/C16H19F4N3O/c1-9(23-13-4-6-21-8-11(13)14(24)22-23)10-3-5-15(2,17)7-12(10)16(18,19)20/h3,7,9,21H,4-6,8H2,1-2H3,(H,22,24). The monoisotopic (exact) mass is 345 g/mol. The van der Waals surface area contributed by atoms with Crippen molar-refractivity contribution in [2.75, 3.05) is 6.54 Å². The zero-order valence-corrected chi connectivity index (χ0v) is 13.4. The van der Waals surface area contributed by atoms with Gasteiger partial charge in [0.1, 0.15) is 5.67 Å². The first-order valence-corrected chi connectivity index (χ1v) is 7.82. The van der Waals surface area contributed by atoms with Crippen molar-refractivity contribution in [1.29, 1.82) is 0 Å². The molecule has 132 valence electrons. The molecule has 0 aromatic carbocycles. The Labute approximate surface area is 136 Å². The van der Waals surface area contributed by atoms with E-state index in [-0.39, 0.29) is 17.6 Å². The number of fused-ring (bicyclic) bond motifs is 1. The second-order valence-electron chi connectivity index (χ2n) is 6.54. The van der Waals surface area contributed by atoms with Crippen molar-refractivity contribution in [3.8, 4) is 0 Å². The average Bonchev–Trinajstić information content (AvgIpc) is 2.83. The number of rotatable bonds is 2. The fraction of sp³-hybridized carbons (Fsp3) is 0.562. The summed E-state index contributed by atoms with van der Waals surface area (Å²) in [6.45, 7) is 3.76. The van der Waals surface area contributed by atoms with E-state index in [4.69, 9.17) is 0 Å². The van der Waals surface area contributed by atoms with Gasteiger partial charge in [0.15, 0.2) is 0 Å². The van der Waals surface area contributed by atoms with E-state index in [1.807, 2.05) is 0 Å². The van der Waals surface area contributed by atoms with Gasteiger partial charge in [-0.05, 0) is 25.5 Å². The predicted molar refractivity (Wildman–Crippen MR) is 81.5 cm³/mol. The van der Waals surface area contributed by atoms with Gasteiger partial charge < -0.3 is 5.32 Å². The number of aromatic nitrogens is 2. The quantitative estimate of drug-likeness (QED) is 0.810. The molecule has 0 bridgehead atoms. The van der Waals surface area contributed by atoms with Crippen molar-refractivity contribution in [3.63, 3.8) is 0 Å². The number of nitrogens with one attached hydrogen (secondary N) is 2. The van der Waals surface area contributed by atoms with Gasteiger partial charge in [0.25, 0.3) is 5.56 Å². The Morgan fingerprint density at radius 3 is 2.75 bits per heavy atom. The van der Waals surface area contributed by atoms with Crippen LogP contribution in [0.5, 0.6) is 0 Å². The molecule has 0 fully saturated rings. The number of allylic oxidation sites excluding steroid dienone is 4. The van der Waals surface area contributed by atoms with Crippen molar-refractivity contribution in [2.24, 2.45) is 0 Å². The molecule has 2 aliphatic rings. The van der Waals surface area contributed by atoms with Gasteiger partial charge in [-0.15, -0.1) is 0 Å². The van der Waals surface area contributed by atoms with E-state index < -0.39 is 23.5 Å². The van der Waals surface area contributed by atoms with Gasteiger partial charge in [-0.1, -0.05) is 6.08 Å². The van der Waals surface area contributed by atoms with E-state index >= 15 is 0 Å². The van der Waals surface area contributed by atoms with E-state index in [2.05, 4.69) is 10.4 Å². The highest BCUT2D eigenvalue weighted by Gasteiger charge is 2.42. The molecule has 2 unspecified atom stereocenters. The minimum atomic E-state index is -4.65. The first kappa shape index (κ1) is 17.0. The number of hydrogen-bond acceptors (Lipinski definition) is 2. The van der Waals surface area contributed by atoms with Crippen LogP contribution in [0, 0.1) is 0 Å². The second kappa shape index (κ2) is 5.61. The molecule has 1 aliphatic heterocycles. The Kier molecular flexibility index (Phi) is 3.98. The third-order valence-corrected chi connectivity index (χ3v) is 4.60. The predicted octanol–water partition coefficient (Wildman–Crippen LogP) is 2.93. The summed E-state index contributed by atoms with van der Waals surface area (Å²) in [6.07, 6.45) is -2.28. The molecular weight excluding hydrogens is 326 g/mol. The van der Waals surface area contributed by atoms with Gasteiger partial charge in [-0.25, -0.2) is 4.39 Å². The van der Waals surface area contributed by atoms with Gasteiger partial charge in [0, 0.05) is 31.6 Å². The van der Waals surface area contributed by atoms with Crippen LogP contribution >= 0.6 is 0 Å². The van der Waals surface area contributed by atoms with Gasteiger partial charge in [-0.2, -0.15) is 13.2 Å². The minimum Gasteiger partial charge on any atom is -0.312 e. The summed E-state index contributed by atoms with van der Waals surface area (Å²) in [5.74, 6) is 0. The highest BCUT2D eigenvalue weighted by atomic mass is 19.4. The first-order valence-electron chi connectivity index (χ1n) is 7.82. The van der Waals surface area contributed by atoms with Crippen LogP contribution in [-0.4, -0.2) is 28.2 Å². The lowest BCUT2D eigenvalue weighted by Crippen LogP contribution is -2.30. The van der Waals surface area contributed by atoms with Crippen LogP contribution in [0.25, 0.3) is 0 Å². The topological polar surface area (TPSA) is 49.8 Å². The summed E-state index contributed by atoms with van der Waals surface area (Å²) in [6, 6.07) is -0.733. The normalized spacial score (nSPS) is 25.8. The Balaban J connectivity index is 2.04. The van der Waals surface area contributed by atoms with Gasteiger partial charge in [-0.3, -0.25) is 14.6 Å². The molecule has 4 nitrogen and oxygen atoms in total. The summed E-state index contributed by atoms with van der Waals surface area (Å²) in [4.78, 5) is 12.0. The van der Waals surface area contributed by atoms with E-state index in [1.54, 1.807) is 6.92 Å². The molecule has 0 radical (unpaired) electrons. The van der Waals surface area contributed by atoms with E-state index in [1.165, 1.54) is 10.8 Å². The van der Waals surface area contributed by atoms with Crippen LogP contribution in [0.2, 0.25) is 0 Å². The highest BCUT2D eigenvalue weighted by molar-refractivity contribution is 5.43. The summed E-state index contributed by atoms with van der Waals surface area (Å²) >= 11 is 0. The summed E-state index contributed by atoms with van der Waals surface area (Å²) in [5, 5.41) is 5.71. The Morgan fingerprint density at radius 2 is 2.08 bits per heavy atom. The lowest BCUT2D eigenvalue weighted by Gasteiger charge is -2.30. The molecule has 0 saturated carbocycles. The maximum Gasteiger partial charge on any atom is 0.416 e. The molecule has 2 N–H and O–H groups in total. The largest absolute Gasteiger partial charge is 0.416 e. The molecule has 0 saturated heterocycles.